The van der Waals surface area contributed by atoms with E-state index >= 15 is 0 Å². The zero-order valence-electron chi connectivity index (χ0n) is 12.0. The third-order valence-electron chi connectivity index (χ3n) is 6.02. The molecule has 2 nitrogen and oxygen atoms in total. The maximum Gasteiger partial charge on any atom is 0.244 e. The first-order chi connectivity index (χ1) is 9.75. The van der Waals surface area contributed by atoms with Gasteiger partial charge in [-0.3, -0.25) is 4.79 Å². The van der Waals surface area contributed by atoms with Gasteiger partial charge in [0.05, 0.1) is 0 Å². The molecule has 0 aromatic rings. The largest absolute Gasteiger partial charge is 0.366 e. The molecule has 2 N–H and O–H groups in total. The first-order valence-electron chi connectivity index (χ1n) is 8.19. The number of hydrogen-bond donors (Lipinski definition) is 1. The molecule has 0 aromatic carbocycles. The summed E-state index contributed by atoms with van der Waals surface area (Å²) in [5, 5.41) is 0. The van der Waals surface area contributed by atoms with E-state index in [1.54, 1.807) is 11.1 Å². The highest BCUT2D eigenvalue weighted by Gasteiger charge is 2.40. The fourth-order valence-electron chi connectivity index (χ4n) is 5.12. The van der Waals surface area contributed by atoms with E-state index in [-0.39, 0.29) is 5.91 Å². The van der Waals surface area contributed by atoms with E-state index in [1.165, 1.54) is 44.1 Å². The zero-order chi connectivity index (χ0) is 13.7. The predicted octanol–water partition coefficient (Wildman–Crippen LogP) is 3.64. The predicted molar refractivity (Wildman–Crippen MR) is 79.8 cm³/mol. The second-order valence-electron chi connectivity index (χ2n) is 6.88. The number of fused-ring (bicyclic) bond motifs is 4. The Morgan fingerprint density at radius 1 is 0.950 bits per heavy atom. The lowest BCUT2D eigenvalue weighted by atomic mass is 9.64. The summed E-state index contributed by atoms with van der Waals surface area (Å²) in [6.45, 7) is 0. The topological polar surface area (TPSA) is 43.1 Å². The minimum atomic E-state index is -0.199. The molecule has 1 amide bonds. The number of allylic oxidation sites excluding steroid dienone is 5. The van der Waals surface area contributed by atoms with E-state index < -0.39 is 0 Å². The highest BCUT2D eigenvalue weighted by molar-refractivity contribution is 5.94. The van der Waals surface area contributed by atoms with Gasteiger partial charge >= 0.3 is 0 Å². The van der Waals surface area contributed by atoms with Crippen molar-refractivity contribution in [2.24, 2.45) is 23.5 Å². The van der Waals surface area contributed by atoms with Gasteiger partial charge in [0.2, 0.25) is 5.91 Å². The van der Waals surface area contributed by atoms with Gasteiger partial charge in [-0.1, -0.05) is 24.1 Å². The number of carbonyl (C=O) groups is 1. The van der Waals surface area contributed by atoms with Crippen LogP contribution in [0.15, 0.2) is 34.4 Å². The van der Waals surface area contributed by atoms with Gasteiger partial charge in [-0.15, -0.1) is 0 Å². The first kappa shape index (κ1) is 12.4. The summed E-state index contributed by atoms with van der Waals surface area (Å²) in [4.78, 5) is 11.6. The number of nitrogens with two attached hydrogens (primary N) is 1. The van der Waals surface area contributed by atoms with Gasteiger partial charge in [0.15, 0.2) is 0 Å². The van der Waals surface area contributed by atoms with Crippen molar-refractivity contribution in [3.8, 4) is 0 Å². The molecular formula is C18H23NO. The van der Waals surface area contributed by atoms with Crippen molar-refractivity contribution in [1.82, 2.24) is 0 Å². The Morgan fingerprint density at radius 3 is 2.60 bits per heavy atom. The van der Waals surface area contributed by atoms with Gasteiger partial charge in [0.1, 0.15) is 0 Å². The van der Waals surface area contributed by atoms with Crippen molar-refractivity contribution in [2.75, 3.05) is 0 Å². The van der Waals surface area contributed by atoms with Gasteiger partial charge in [0.25, 0.3) is 0 Å². The molecule has 0 saturated heterocycles. The van der Waals surface area contributed by atoms with Gasteiger partial charge in [0, 0.05) is 5.57 Å². The zero-order valence-corrected chi connectivity index (χ0v) is 12.0. The SMILES string of the molecule is NC(=O)C1=C2C=CC3=C4CCCCC4CCC3C2CC1. The van der Waals surface area contributed by atoms with E-state index in [0.29, 0.717) is 11.8 Å². The maximum absolute atomic E-state index is 11.6. The van der Waals surface area contributed by atoms with Crippen LogP contribution in [0.3, 0.4) is 0 Å². The molecule has 0 heterocycles. The third-order valence-corrected chi connectivity index (χ3v) is 6.02. The van der Waals surface area contributed by atoms with Crippen molar-refractivity contribution in [3.05, 3.63) is 34.4 Å². The molecule has 20 heavy (non-hydrogen) atoms. The van der Waals surface area contributed by atoms with Crippen LogP contribution in [-0.2, 0) is 4.79 Å². The molecule has 0 aromatic heterocycles. The van der Waals surface area contributed by atoms with Gasteiger partial charge in [-0.2, -0.15) is 0 Å². The van der Waals surface area contributed by atoms with Crippen molar-refractivity contribution in [1.29, 1.82) is 0 Å². The Morgan fingerprint density at radius 2 is 1.75 bits per heavy atom. The minimum Gasteiger partial charge on any atom is -0.366 e. The smallest absolute Gasteiger partial charge is 0.244 e. The van der Waals surface area contributed by atoms with Crippen LogP contribution >= 0.6 is 0 Å². The number of rotatable bonds is 1. The first-order valence-corrected chi connectivity index (χ1v) is 8.19. The molecule has 4 aliphatic carbocycles. The van der Waals surface area contributed by atoms with Crippen LogP contribution in [0.1, 0.15) is 51.4 Å². The molecule has 4 aliphatic rings. The van der Waals surface area contributed by atoms with Crippen molar-refractivity contribution < 1.29 is 4.79 Å². The Kier molecular flexibility index (Phi) is 2.87. The third kappa shape index (κ3) is 1.73. The Labute approximate surface area is 120 Å². The molecule has 1 saturated carbocycles. The molecule has 0 aliphatic heterocycles. The van der Waals surface area contributed by atoms with E-state index in [9.17, 15) is 4.79 Å². The van der Waals surface area contributed by atoms with Crippen LogP contribution in [0.4, 0.5) is 0 Å². The molecule has 1 fully saturated rings. The summed E-state index contributed by atoms with van der Waals surface area (Å²) in [7, 11) is 0. The molecule has 3 unspecified atom stereocenters. The molecule has 3 atom stereocenters. The van der Waals surface area contributed by atoms with Crippen molar-refractivity contribution in [3.63, 3.8) is 0 Å². The molecule has 0 bridgehead atoms. The fourth-order valence-corrected chi connectivity index (χ4v) is 5.12. The average Bonchev–Trinajstić information content (AvgIpc) is 2.91. The van der Waals surface area contributed by atoms with Crippen LogP contribution < -0.4 is 5.73 Å². The van der Waals surface area contributed by atoms with Crippen molar-refractivity contribution >= 4 is 5.91 Å². The lowest BCUT2D eigenvalue weighted by Crippen LogP contribution is -2.28. The standard InChI is InChI=1S/C18H23NO/c19-18(20)17-10-9-15-14-6-5-11-3-1-2-4-12(11)13(14)7-8-16(15)17/h7-8,11,14-15H,1-6,9-10H2,(H2,19,20). The number of primary amides is 1. The minimum absolute atomic E-state index is 0.199. The van der Waals surface area contributed by atoms with Gasteiger partial charge in [-0.25, -0.2) is 0 Å². The molecule has 4 rings (SSSR count). The number of amides is 1. The maximum atomic E-state index is 11.6. The van der Waals surface area contributed by atoms with Crippen LogP contribution in [0, 0.1) is 17.8 Å². The average molecular weight is 269 g/mol. The normalized spacial score (nSPS) is 35.7. The Bertz CT molecular complexity index is 552. The summed E-state index contributed by atoms with van der Waals surface area (Å²) in [5.74, 6) is 1.92. The van der Waals surface area contributed by atoms with Crippen LogP contribution in [0.2, 0.25) is 0 Å². The second kappa shape index (κ2) is 4.61. The van der Waals surface area contributed by atoms with Crippen LogP contribution in [0.5, 0.6) is 0 Å². The molecule has 0 spiro atoms. The van der Waals surface area contributed by atoms with Crippen molar-refractivity contribution in [2.45, 2.75) is 51.4 Å². The van der Waals surface area contributed by atoms with E-state index in [2.05, 4.69) is 12.2 Å². The highest BCUT2D eigenvalue weighted by atomic mass is 16.1. The lowest BCUT2D eigenvalue weighted by Gasteiger charge is -2.40. The quantitative estimate of drug-likeness (QED) is 0.776. The monoisotopic (exact) mass is 269 g/mol. The van der Waals surface area contributed by atoms with Crippen LogP contribution in [0.25, 0.3) is 0 Å². The lowest BCUT2D eigenvalue weighted by molar-refractivity contribution is -0.114. The molecule has 0 radical (unpaired) electrons. The molecule has 106 valence electrons. The van der Waals surface area contributed by atoms with Gasteiger partial charge < -0.3 is 5.73 Å². The number of hydrogen-bond acceptors (Lipinski definition) is 1. The summed E-state index contributed by atoms with van der Waals surface area (Å²) >= 11 is 0. The fraction of sp³-hybridized carbons (Fsp3) is 0.611. The Hall–Kier alpha value is -1.31. The molecular weight excluding hydrogens is 246 g/mol. The molecule has 2 heteroatoms. The second-order valence-corrected chi connectivity index (χ2v) is 6.88. The number of carbonyl (C=O) groups excluding carboxylic acids is 1. The van der Waals surface area contributed by atoms with E-state index in [1.807, 2.05) is 0 Å². The summed E-state index contributed by atoms with van der Waals surface area (Å²) in [6, 6.07) is 0. The van der Waals surface area contributed by atoms with E-state index in [0.717, 1.165) is 24.3 Å². The highest BCUT2D eigenvalue weighted by Crippen LogP contribution is 2.52. The summed E-state index contributed by atoms with van der Waals surface area (Å²) in [5.41, 5.74) is 11.1. The Balaban J connectivity index is 1.77. The van der Waals surface area contributed by atoms with Crippen LogP contribution in [-0.4, -0.2) is 5.91 Å². The van der Waals surface area contributed by atoms with Gasteiger partial charge in [-0.05, 0) is 73.8 Å². The summed E-state index contributed by atoms with van der Waals surface area (Å²) in [6.07, 6.45) is 14.7. The van der Waals surface area contributed by atoms with E-state index in [4.69, 9.17) is 5.73 Å². The summed E-state index contributed by atoms with van der Waals surface area (Å²) < 4.78 is 0.